The lowest BCUT2D eigenvalue weighted by Gasteiger charge is -2.38. The van der Waals surface area contributed by atoms with Crippen molar-refractivity contribution >= 4 is 11.9 Å². The standard InChI is InChI=1S/C22H24F3NO.C4H4O4/c1-26-18-11-12-19(26)14-20(13-18)27-21(15-5-3-2-4-6-15)16-7-9-17(10-8-16)22(23,24)25;5-3(6)1-2-4(7)8/h2-10,18-21H,11-14H2,1H3;1-2H,(H,5,6)(H,7,8)/b;2-1+/t18-,19+,20?,21?;. The van der Waals surface area contributed by atoms with Crippen LogP contribution < -0.4 is 0 Å². The van der Waals surface area contributed by atoms with Gasteiger partial charge in [0.1, 0.15) is 6.10 Å². The fourth-order valence-corrected chi connectivity index (χ4v) is 4.63. The zero-order chi connectivity index (χ0) is 25.6. The molecule has 2 unspecified atom stereocenters. The van der Waals surface area contributed by atoms with Gasteiger partial charge in [-0.15, -0.1) is 0 Å². The van der Waals surface area contributed by atoms with Crippen molar-refractivity contribution in [3.63, 3.8) is 0 Å². The number of ether oxygens (including phenoxy) is 1. The zero-order valence-electron chi connectivity index (χ0n) is 19.2. The number of aliphatic carboxylic acids is 2. The highest BCUT2D eigenvalue weighted by atomic mass is 19.4. The molecule has 2 saturated heterocycles. The van der Waals surface area contributed by atoms with Gasteiger partial charge in [-0.2, -0.15) is 13.2 Å². The summed E-state index contributed by atoms with van der Waals surface area (Å²) >= 11 is 0. The van der Waals surface area contributed by atoms with Gasteiger partial charge in [0.25, 0.3) is 0 Å². The summed E-state index contributed by atoms with van der Waals surface area (Å²) in [5, 5.41) is 15.6. The highest BCUT2D eigenvalue weighted by Crippen LogP contribution is 2.39. The van der Waals surface area contributed by atoms with Gasteiger partial charge in [-0.1, -0.05) is 42.5 Å². The SMILES string of the molecule is CN1[C@@H]2CC[C@H]1CC(OC(c1ccccc1)c1ccc(C(F)(F)F)cc1)C2.O=C(O)/C=C/C(=O)O. The zero-order valence-corrected chi connectivity index (χ0v) is 19.2. The van der Waals surface area contributed by atoms with E-state index in [9.17, 15) is 22.8 Å². The molecule has 0 aromatic heterocycles. The number of benzene rings is 2. The van der Waals surface area contributed by atoms with Crippen molar-refractivity contribution in [1.29, 1.82) is 0 Å². The number of carboxylic acids is 2. The van der Waals surface area contributed by atoms with Crippen molar-refractivity contribution in [2.45, 2.75) is 56.2 Å². The summed E-state index contributed by atoms with van der Waals surface area (Å²) in [4.78, 5) is 21.6. The Morgan fingerprint density at radius 1 is 0.914 bits per heavy atom. The van der Waals surface area contributed by atoms with Crippen molar-refractivity contribution in [3.8, 4) is 0 Å². The van der Waals surface area contributed by atoms with Crippen LogP contribution in [0.1, 0.15) is 48.5 Å². The average molecular weight is 492 g/mol. The highest BCUT2D eigenvalue weighted by Gasteiger charge is 2.40. The number of hydrogen-bond acceptors (Lipinski definition) is 4. The molecule has 188 valence electrons. The molecule has 2 bridgehead atoms. The first-order valence-electron chi connectivity index (χ1n) is 11.3. The maximum absolute atomic E-state index is 12.9. The Labute approximate surface area is 201 Å². The second-order valence-electron chi connectivity index (χ2n) is 8.70. The highest BCUT2D eigenvalue weighted by molar-refractivity contribution is 5.89. The Morgan fingerprint density at radius 2 is 1.40 bits per heavy atom. The average Bonchev–Trinajstić information content (AvgIpc) is 3.02. The number of piperidine rings is 1. The largest absolute Gasteiger partial charge is 0.478 e. The van der Waals surface area contributed by atoms with Gasteiger partial charge in [0.05, 0.1) is 11.7 Å². The maximum atomic E-state index is 12.9. The van der Waals surface area contributed by atoms with Crippen LogP contribution in [0.3, 0.4) is 0 Å². The smallest absolute Gasteiger partial charge is 0.416 e. The summed E-state index contributed by atoms with van der Waals surface area (Å²) in [6, 6.07) is 16.3. The normalized spacial score (nSPS) is 22.9. The molecule has 2 fully saturated rings. The molecule has 2 aromatic carbocycles. The summed E-state index contributed by atoms with van der Waals surface area (Å²) < 4.78 is 45.2. The monoisotopic (exact) mass is 491 g/mol. The molecule has 9 heteroatoms. The van der Waals surface area contributed by atoms with Gasteiger partial charge >= 0.3 is 18.1 Å². The molecule has 2 aromatic rings. The van der Waals surface area contributed by atoms with Gasteiger partial charge < -0.3 is 19.8 Å². The molecule has 0 aliphatic carbocycles. The van der Waals surface area contributed by atoms with Crippen molar-refractivity contribution in [1.82, 2.24) is 4.90 Å². The number of nitrogens with zero attached hydrogens (tertiary/aromatic N) is 1. The lowest BCUT2D eigenvalue weighted by Crippen LogP contribution is -2.43. The van der Waals surface area contributed by atoms with Crippen LogP contribution >= 0.6 is 0 Å². The number of carboxylic acid groups (broad SMARTS) is 2. The van der Waals surface area contributed by atoms with Crippen LogP contribution in [-0.4, -0.2) is 52.3 Å². The predicted octanol–water partition coefficient (Wildman–Crippen LogP) is 5.15. The van der Waals surface area contributed by atoms with E-state index in [1.807, 2.05) is 30.3 Å². The Balaban J connectivity index is 0.000000371. The molecule has 0 spiro atoms. The molecule has 2 heterocycles. The Bertz CT molecular complexity index is 994. The van der Waals surface area contributed by atoms with Crippen LogP contribution in [-0.2, 0) is 20.5 Å². The molecule has 0 saturated carbocycles. The lowest BCUT2D eigenvalue weighted by atomic mass is 9.97. The summed E-state index contributed by atoms with van der Waals surface area (Å²) in [7, 11) is 2.18. The minimum atomic E-state index is -4.32. The summed E-state index contributed by atoms with van der Waals surface area (Å²) in [6.45, 7) is 0. The molecule has 4 atom stereocenters. The van der Waals surface area contributed by atoms with Crippen LogP contribution in [0.15, 0.2) is 66.7 Å². The first-order valence-corrected chi connectivity index (χ1v) is 11.3. The molecule has 2 aliphatic heterocycles. The topological polar surface area (TPSA) is 87.1 Å². The van der Waals surface area contributed by atoms with E-state index < -0.39 is 23.7 Å². The fourth-order valence-electron chi connectivity index (χ4n) is 4.63. The second kappa shape index (κ2) is 11.5. The van der Waals surface area contributed by atoms with E-state index in [2.05, 4.69) is 11.9 Å². The number of rotatable bonds is 6. The molecule has 0 radical (unpaired) electrons. The Kier molecular flexibility index (Phi) is 8.69. The number of halogens is 3. The van der Waals surface area contributed by atoms with E-state index >= 15 is 0 Å². The lowest BCUT2D eigenvalue weighted by molar-refractivity contribution is -0.137. The summed E-state index contributed by atoms with van der Waals surface area (Å²) in [6.07, 6.45) is 0.953. The fraction of sp³-hybridized carbons (Fsp3) is 0.385. The van der Waals surface area contributed by atoms with Crippen molar-refractivity contribution in [2.75, 3.05) is 7.05 Å². The number of fused-ring (bicyclic) bond motifs is 2. The maximum Gasteiger partial charge on any atom is 0.416 e. The third-order valence-corrected chi connectivity index (χ3v) is 6.40. The first kappa shape index (κ1) is 26.4. The molecule has 35 heavy (non-hydrogen) atoms. The van der Waals surface area contributed by atoms with Gasteiger partial charge in [0, 0.05) is 24.2 Å². The summed E-state index contributed by atoms with van der Waals surface area (Å²) in [5.74, 6) is -2.51. The molecule has 4 rings (SSSR count). The van der Waals surface area contributed by atoms with E-state index in [0.717, 1.165) is 36.1 Å². The van der Waals surface area contributed by atoms with Crippen LogP contribution in [0.25, 0.3) is 0 Å². The van der Waals surface area contributed by atoms with Crippen LogP contribution in [0.5, 0.6) is 0 Å². The van der Waals surface area contributed by atoms with Gasteiger partial charge in [0.15, 0.2) is 0 Å². The minimum absolute atomic E-state index is 0.131. The number of alkyl halides is 3. The molecule has 0 amide bonds. The van der Waals surface area contributed by atoms with Crippen LogP contribution in [0.2, 0.25) is 0 Å². The molecule has 6 nitrogen and oxygen atoms in total. The van der Waals surface area contributed by atoms with E-state index in [4.69, 9.17) is 14.9 Å². The Morgan fingerprint density at radius 3 is 1.86 bits per heavy atom. The summed E-state index contributed by atoms with van der Waals surface area (Å²) in [5.41, 5.74) is 1.11. The molecular formula is C26H28F3NO5. The second-order valence-corrected chi connectivity index (χ2v) is 8.70. The minimum Gasteiger partial charge on any atom is -0.478 e. The number of hydrogen-bond donors (Lipinski definition) is 2. The van der Waals surface area contributed by atoms with Gasteiger partial charge in [-0.3, -0.25) is 0 Å². The molecule has 2 N–H and O–H groups in total. The number of carbonyl (C=O) groups is 2. The van der Waals surface area contributed by atoms with E-state index in [1.165, 1.54) is 12.8 Å². The van der Waals surface area contributed by atoms with Crippen molar-refractivity contribution < 1.29 is 37.7 Å². The third kappa shape index (κ3) is 7.40. The van der Waals surface area contributed by atoms with Crippen LogP contribution in [0.4, 0.5) is 13.2 Å². The van der Waals surface area contributed by atoms with Gasteiger partial charge in [0.2, 0.25) is 0 Å². The molecular weight excluding hydrogens is 463 g/mol. The van der Waals surface area contributed by atoms with Crippen molar-refractivity contribution in [2.24, 2.45) is 0 Å². The third-order valence-electron chi connectivity index (χ3n) is 6.40. The molecule has 2 aliphatic rings. The van der Waals surface area contributed by atoms with Gasteiger partial charge in [-0.05, 0) is 56.0 Å². The van der Waals surface area contributed by atoms with E-state index in [0.29, 0.717) is 24.2 Å². The van der Waals surface area contributed by atoms with E-state index in [-0.39, 0.29) is 12.2 Å². The quantitative estimate of drug-likeness (QED) is 0.544. The van der Waals surface area contributed by atoms with E-state index in [1.54, 1.807) is 12.1 Å². The predicted molar refractivity (Wildman–Crippen MR) is 123 cm³/mol. The first-order chi connectivity index (χ1) is 16.5. The van der Waals surface area contributed by atoms with Gasteiger partial charge in [-0.25, -0.2) is 9.59 Å². The van der Waals surface area contributed by atoms with Crippen LogP contribution in [0, 0.1) is 0 Å². The van der Waals surface area contributed by atoms with Crippen molar-refractivity contribution in [3.05, 3.63) is 83.4 Å². The Hall–Kier alpha value is -3.17.